The predicted molar refractivity (Wildman–Crippen MR) is 80.3 cm³/mol. The van der Waals surface area contributed by atoms with E-state index in [2.05, 4.69) is 0 Å². The lowest BCUT2D eigenvalue weighted by Gasteiger charge is -1.93. The molecule has 0 saturated carbocycles. The highest BCUT2D eigenvalue weighted by Crippen LogP contribution is 2.12. The summed E-state index contributed by atoms with van der Waals surface area (Å²) in [7, 11) is 0. The van der Waals surface area contributed by atoms with Crippen LogP contribution in [0.5, 0.6) is 0 Å². The van der Waals surface area contributed by atoms with Gasteiger partial charge in [0.15, 0.2) is 6.54 Å². The summed E-state index contributed by atoms with van der Waals surface area (Å²) in [5.74, 6) is -0.491. The third-order valence-electron chi connectivity index (χ3n) is 2.88. The molecule has 0 spiro atoms. The van der Waals surface area contributed by atoms with Gasteiger partial charge in [0.2, 0.25) is 0 Å². The average Bonchev–Trinajstić information content (AvgIpc) is 2.54. The maximum Gasteiger partial charge on any atom is 0.662 e. The molecule has 111 valence electrons. The number of nitro groups is 1. The molecule has 0 aliphatic rings. The van der Waals surface area contributed by atoms with Gasteiger partial charge in [-0.05, 0) is 23.8 Å². The number of rotatable bonds is 6. The number of hydroxylamine groups is 1. The zero-order valence-electron chi connectivity index (χ0n) is 11.7. The molecule has 0 bridgehead atoms. The molecule has 0 heterocycles. The van der Waals surface area contributed by atoms with E-state index < -0.39 is 10.9 Å². The molecule has 2 rings (SSSR count). The second-order valence-corrected chi connectivity index (χ2v) is 4.48. The van der Waals surface area contributed by atoms with Gasteiger partial charge >= 0.3 is 5.97 Å². The Kier molecular flexibility index (Phi) is 5.39. The van der Waals surface area contributed by atoms with Crippen LogP contribution in [0.1, 0.15) is 11.1 Å². The van der Waals surface area contributed by atoms with Gasteiger partial charge in [0.25, 0.3) is 5.69 Å². The maximum absolute atomic E-state index is 11.5. The molecule has 2 N–H and O–H groups in total. The molecule has 6 heteroatoms. The molecule has 1 radical (unpaired) electrons. The summed E-state index contributed by atoms with van der Waals surface area (Å²) in [5, 5.41) is 10.5. The first-order valence-electron chi connectivity index (χ1n) is 6.64. The number of carbonyl (C=O) groups excluding carboxylic acids is 1. The Morgan fingerprint density at radius 2 is 1.86 bits per heavy atom. The third kappa shape index (κ3) is 4.84. The van der Waals surface area contributed by atoms with Crippen molar-refractivity contribution >= 4 is 17.7 Å². The summed E-state index contributed by atoms with van der Waals surface area (Å²) in [5.41, 5.74) is 3.19. The number of quaternary nitrogens is 1. The van der Waals surface area contributed by atoms with Gasteiger partial charge in [-0.3, -0.25) is 10.1 Å². The Balaban J connectivity index is 1.80. The molecule has 0 aromatic heterocycles. The minimum Gasteiger partial charge on any atom is -0.258 e. The number of benzene rings is 2. The Morgan fingerprint density at radius 3 is 2.50 bits per heavy atom. The molecular weight excluding hydrogens is 284 g/mol. The van der Waals surface area contributed by atoms with Gasteiger partial charge in [-0.15, -0.1) is 0 Å². The van der Waals surface area contributed by atoms with Crippen molar-refractivity contribution in [2.45, 2.75) is 6.54 Å². The van der Waals surface area contributed by atoms with Crippen LogP contribution < -0.4 is 5.48 Å². The van der Waals surface area contributed by atoms with E-state index in [1.54, 1.807) is 18.2 Å². The van der Waals surface area contributed by atoms with E-state index >= 15 is 0 Å². The maximum atomic E-state index is 11.5. The Bertz CT molecular complexity index is 666. The fourth-order valence-corrected chi connectivity index (χ4v) is 1.74. The number of carbonyl (C=O) groups is 1. The van der Waals surface area contributed by atoms with Gasteiger partial charge in [0, 0.05) is 17.7 Å². The molecule has 0 unspecified atom stereocenters. The minimum absolute atomic E-state index is 0.0101. The zero-order chi connectivity index (χ0) is 15.8. The standard InChI is InChI=1S/C16H14N2O4/c19-16(22-17-12-14-4-2-1-3-5-14)11-8-13-6-9-15(10-7-13)18(20)21/h1-11,17H,12H2/q+1/p+1/b11-8+. The summed E-state index contributed by atoms with van der Waals surface area (Å²) < 4.78 is 0. The molecule has 0 aliphatic heterocycles. The van der Waals surface area contributed by atoms with E-state index in [0.29, 0.717) is 12.1 Å². The van der Waals surface area contributed by atoms with E-state index in [-0.39, 0.29) is 5.69 Å². The summed E-state index contributed by atoms with van der Waals surface area (Å²) in [4.78, 5) is 26.6. The second-order valence-electron chi connectivity index (χ2n) is 4.48. The average molecular weight is 299 g/mol. The quantitative estimate of drug-likeness (QED) is 0.381. The lowest BCUT2D eigenvalue weighted by Crippen LogP contribution is -2.82. The van der Waals surface area contributed by atoms with Crippen LogP contribution in [0.3, 0.4) is 0 Å². The highest BCUT2D eigenvalue weighted by molar-refractivity contribution is 5.86. The Hall–Kier alpha value is -2.99. The molecule has 2 aromatic rings. The van der Waals surface area contributed by atoms with Crippen molar-refractivity contribution in [3.63, 3.8) is 0 Å². The van der Waals surface area contributed by atoms with Gasteiger partial charge in [-0.2, -0.15) is 0 Å². The van der Waals surface area contributed by atoms with E-state index in [0.717, 1.165) is 5.56 Å². The van der Waals surface area contributed by atoms with Crippen molar-refractivity contribution in [3.8, 4) is 0 Å². The topological polar surface area (TPSA) is 88.9 Å². The zero-order valence-corrected chi connectivity index (χ0v) is 11.7. The summed E-state index contributed by atoms with van der Waals surface area (Å²) in [6, 6.07) is 15.5. The highest BCUT2D eigenvalue weighted by atomic mass is 16.7. The third-order valence-corrected chi connectivity index (χ3v) is 2.88. The second kappa shape index (κ2) is 7.70. The van der Waals surface area contributed by atoms with Gasteiger partial charge in [0.05, 0.1) is 9.72 Å². The van der Waals surface area contributed by atoms with Crippen LogP contribution in [0, 0.1) is 10.1 Å². The lowest BCUT2D eigenvalue weighted by atomic mass is 10.2. The summed E-state index contributed by atoms with van der Waals surface area (Å²) >= 11 is 0. The number of hydrogen-bond acceptors (Lipinski definition) is 4. The van der Waals surface area contributed by atoms with E-state index in [4.69, 9.17) is 4.84 Å². The van der Waals surface area contributed by atoms with Crippen LogP contribution >= 0.6 is 0 Å². The summed E-state index contributed by atoms with van der Waals surface area (Å²) in [6.45, 7) is 0.540. The van der Waals surface area contributed by atoms with Crippen LogP contribution in [0.25, 0.3) is 6.08 Å². The first-order valence-corrected chi connectivity index (χ1v) is 6.64. The van der Waals surface area contributed by atoms with Crippen molar-refractivity contribution in [3.05, 3.63) is 81.9 Å². The van der Waals surface area contributed by atoms with Crippen LogP contribution in [-0.4, -0.2) is 10.9 Å². The number of nitro benzene ring substituents is 1. The summed E-state index contributed by atoms with van der Waals surface area (Å²) in [6.07, 6.45) is 2.82. The number of hydrogen-bond donors (Lipinski definition) is 1. The fraction of sp³-hybridized carbons (Fsp3) is 0.0625. The van der Waals surface area contributed by atoms with Crippen molar-refractivity contribution in [1.82, 2.24) is 0 Å². The van der Waals surface area contributed by atoms with Gasteiger partial charge in [-0.25, -0.2) is 0 Å². The van der Waals surface area contributed by atoms with Crippen LogP contribution in [-0.2, 0) is 16.2 Å². The largest absolute Gasteiger partial charge is 0.662 e. The number of nitrogens with zero attached hydrogens (tertiary/aromatic N) is 1. The molecule has 0 fully saturated rings. The number of nitrogens with two attached hydrogens (primary N) is 1. The van der Waals surface area contributed by atoms with E-state index in [1.807, 2.05) is 30.3 Å². The molecule has 22 heavy (non-hydrogen) atoms. The minimum atomic E-state index is -0.491. The number of non-ortho nitro benzene ring substituents is 1. The molecule has 0 amide bonds. The van der Waals surface area contributed by atoms with E-state index in [9.17, 15) is 14.9 Å². The van der Waals surface area contributed by atoms with Gasteiger partial charge < -0.3 is 0 Å². The Labute approximate surface area is 127 Å². The van der Waals surface area contributed by atoms with E-state index in [1.165, 1.54) is 23.7 Å². The normalized spacial score (nSPS) is 10.5. The van der Waals surface area contributed by atoms with Crippen LogP contribution in [0.15, 0.2) is 60.7 Å². The first kappa shape index (κ1) is 15.4. The van der Waals surface area contributed by atoms with Crippen LogP contribution in [0.2, 0.25) is 0 Å². The molecule has 0 atom stereocenters. The lowest BCUT2D eigenvalue weighted by molar-refractivity contribution is -0.884. The SMILES string of the molecule is O=[N+]([O-])c1ccc(/C=C/C(=[O+])O[NH2+]Cc2ccccc2)cc1. The molecular formula is C16H15N2O4+2. The fourth-order valence-electron chi connectivity index (χ4n) is 1.74. The Morgan fingerprint density at radius 1 is 1.18 bits per heavy atom. The molecule has 6 nitrogen and oxygen atoms in total. The smallest absolute Gasteiger partial charge is 0.258 e. The van der Waals surface area contributed by atoms with Crippen LogP contribution in [0.4, 0.5) is 5.69 Å². The highest BCUT2D eigenvalue weighted by Gasteiger charge is 2.15. The molecule has 0 aliphatic carbocycles. The molecule has 0 saturated heterocycles. The van der Waals surface area contributed by atoms with Gasteiger partial charge in [-0.1, -0.05) is 40.6 Å². The van der Waals surface area contributed by atoms with Crippen molar-refractivity contribution in [1.29, 1.82) is 0 Å². The van der Waals surface area contributed by atoms with Crippen molar-refractivity contribution in [2.75, 3.05) is 0 Å². The van der Waals surface area contributed by atoms with Crippen molar-refractivity contribution in [2.24, 2.45) is 0 Å². The first-order chi connectivity index (χ1) is 10.6. The monoisotopic (exact) mass is 299 g/mol. The van der Waals surface area contributed by atoms with Gasteiger partial charge in [0.1, 0.15) is 6.08 Å². The molecule has 2 aromatic carbocycles. The van der Waals surface area contributed by atoms with Crippen molar-refractivity contribution < 1.29 is 20.0 Å². The predicted octanol–water partition coefficient (Wildman–Crippen LogP) is 1.83.